The molecule has 1 aromatic carbocycles. The summed E-state index contributed by atoms with van der Waals surface area (Å²) in [5.41, 5.74) is 28.7. The lowest BCUT2D eigenvalue weighted by molar-refractivity contribution is -0.134. The molecule has 1 heterocycles. The summed E-state index contributed by atoms with van der Waals surface area (Å²) in [4.78, 5) is 130. The Hall–Kier alpha value is -6.00. The van der Waals surface area contributed by atoms with Crippen LogP contribution >= 0.6 is 33.3 Å². The average molecular weight is 1120 g/mol. The molecule has 0 bridgehead atoms. The first-order valence-corrected chi connectivity index (χ1v) is 29.2. The molecule has 0 unspecified atom stereocenters. The molecule has 7 atom stereocenters. The van der Waals surface area contributed by atoms with Crippen LogP contribution in [0.5, 0.6) is 5.75 Å². The van der Waals surface area contributed by atoms with Gasteiger partial charge in [0.1, 0.15) is 36.0 Å². The largest absolute Gasteiger partial charge is 0.508 e. The Bertz CT molecular complexity index is 2110. The van der Waals surface area contributed by atoms with Gasteiger partial charge in [-0.05, 0) is 100 Å². The number of guanidine groups is 2. The fourth-order valence-electron chi connectivity index (χ4n) is 7.36. The lowest BCUT2D eigenvalue weighted by atomic mass is 10.00. The maximum Gasteiger partial charge on any atom is 0.244 e. The van der Waals surface area contributed by atoms with Crippen molar-refractivity contribution in [2.75, 3.05) is 49.7 Å². The molecule has 76 heavy (non-hydrogen) atoms. The van der Waals surface area contributed by atoms with Crippen LogP contribution in [-0.2, 0) is 49.6 Å². The number of ketones is 1. The van der Waals surface area contributed by atoms with E-state index in [2.05, 4.69) is 52.5 Å². The van der Waals surface area contributed by atoms with Crippen molar-refractivity contribution in [1.29, 1.82) is 0 Å². The number of nitrogens with two attached hydrogens (primary N) is 5. The number of aromatic hydroxyl groups is 1. The molecule has 0 aromatic heterocycles. The number of phenols is 1. The van der Waals surface area contributed by atoms with Gasteiger partial charge in [0.2, 0.25) is 47.3 Å². The van der Waals surface area contributed by atoms with Gasteiger partial charge in [0.15, 0.2) is 17.7 Å². The van der Waals surface area contributed by atoms with Gasteiger partial charge in [-0.1, -0.05) is 47.6 Å². The van der Waals surface area contributed by atoms with E-state index in [9.17, 15) is 48.3 Å². The Kier molecular flexibility index (Phi) is 32.1. The first-order valence-electron chi connectivity index (χ1n) is 25.3. The van der Waals surface area contributed by atoms with E-state index in [0.717, 1.165) is 0 Å². The monoisotopic (exact) mass is 1120 g/mol. The van der Waals surface area contributed by atoms with Gasteiger partial charge in [-0.15, -0.1) is 0 Å². The molecule has 0 aliphatic carbocycles. The summed E-state index contributed by atoms with van der Waals surface area (Å²) in [6.07, 6.45) is 4.36. The predicted octanol–water partition coefficient (Wildman–Crippen LogP) is -1.76. The summed E-state index contributed by atoms with van der Waals surface area (Å²) in [6.45, 7) is 5.42. The molecule has 8 amide bonds. The second-order valence-electron chi connectivity index (χ2n) is 18.5. The third-order valence-electron chi connectivity index (χ3n) is 11.7. The van der Waals surface area contributed by atoms with Crippen molar-refractivity contribution >= 4 is 98.3 Å². The second kappa shape index (κ2) is 36.9. The van der Waals surface area contributed by atoms with E-state index in [1.54, 1.807) is 26.0 Å². The second-order valence-corrected chi connectivity index (χ2v) is 22.0. The molecule has 0 spiro atoms. The Morgan fingerprint density at radius 3 is 1.84 bits per heavy atom. The van der Waals surface area contributed by atoms with E-state index >= 15 is 0 Å². The van der Waals surface area contributed by atoms with E-state index in [-0.39, 0.29) is 99.7 Å². The third kappa shape index (κ3) is 27.7. The molecular formula is C48H81N15O10S3. The van der Waals surface area contributed by atoms with Crippen molar-refractivity contribution in [2.24, 2.45) is 44.6 Å². The topological polar surface area (TPSA) is 425 Å². The summed E-state index contributed by atoms with van der Waals surface area (Å²) in [7, 11) is 2.36. The summed E-state index contributed by atoms with van der Waals surface area (Å²) in [6, 6.07) is -1.41. The van der Waals surface area contributed by atoms with E-state index in [1.807, 2.05) is 6.26 Å². The minimum absolute atomic E-state index is 0.00289. The van der Waals surface area contributed by atoms with Gasteiger partial charge in [0, 0.05) is 56.9 Å². The normalized spacial score (nSPS) is 22.5. The van der Waals surface area contributed by atoms with Crippen molar-refractivity contribution in [3.05, 3.63) is 29.8 Å². The van der Waals surface area contributed by atoms with Crippen LogP contribution in [0, 0.1) is 5.92 Å². The molecular weight excluding hydrogens is 1040 g/mol. The number of carbonyl (C=O) groups is 9. The molecule has 1 saturated heterocycles. The smallest absolute Gasteiger partial charge is 0.244 e. The molecule has 1 aliphatic rings. The number of nitrogens with zero attached hydrogens (tertiary/aromatic N) is 2. The van der Waals surface area contributed by atoms with Crippen LogP contribution in [-0.4, -0.2) is 162 Å². The Morgan fingerprint density at radius 1 is 0.711 bits per heavy atom. The maximum atomic E-state index is 14.0. The number of carbonyl (C=O) groups excluding carboxylic acids is 9. The van der Waals surface area contributed by atoms with Crippen molar-refractivity contribution in [2.45, 2.75) is 140 Å². The highest BCUT2D eigenvalue weighted by Gasteiger charge is 2.33. The molecule has 1 aliphatic heterocycles. The summed E-state index contributed by atoms with van der Waals surface area (Å²) in [5.74, 6) is -5.02. The summed E-state index contributed by atoms with van der Waals surface area (Å²) >= 11 is 1.45. The summed E-state index contributed by atoms with van der Waals surface area (Å²) < 4.78 is 0. The maximum absolute atomic E-state index is 14.0. The Labute approximate surface area is 457 Å². The van der Waals surface area contributed by atoms with Gasteiger partial charge in [-0.3, -0.25) is 53.1 Å². The quantitative estimate of drug-likeness (QED) is 0.0356. The van der Waals surface area contributed by atoms with E-state index < -0.39 is 95.5 Å². The number of nitrogens with one attached hydrogen (secondary N) is 8. The number of hydrogen-bond acceptors (Lipinski definition) is 16. The Balaban J connectivity index is 2.41. The zero-order valence-corrected chi connectivity index (χ0v) is 46.4. The lowest BCUT2D eigenvalue weighted by Gasteiger charge is -2.27. The highest BCUT2D eigenvalue weighted by molar-refractivity contribution is 8.76. The molecule has 2 rings (SSSR count). The fraction of sp³-hybridized carbons (Fsp3) is 0.646. The molecule has 426 valence electrons. The zero-order valence-electron chi connectivity index (χ0n) is 44.0. The Morgan fingerprint density at radius 2 is 1.26 bits per heavy atom. The highest BCUT2D eigenvalue weighted by atomic mass is 33.1. The number of phenolic OH excluding ortho intramolecular Hbond substituents is 1. The number of amides is 8. The van der Waals surface area contributed by atoms with E-state index in [0.29, 0.717) is 49.8 Å². The molecule has 0 radical (unpaired) electrons. The van der Waals surface area contributed by atoms with Crippen LogP contribution in [0.1, 0.15) is 97.0 Å². The van der Waals surface area contributed by atoms with E-state index in [1.165, 1.54) is 52.4 Å². The van der Waals surface area contributed by atoms with Crippen LogP contribution in [0.2, 0.25) is 0 Å². The van der Waals surface area contributed by atoms with Crippen molar-refractivity contribution in [3.8, 4) is 5.75 Å². The average Bonchev–Trinajstić information content (AvgIpc) is 3.36. The van der Waals surface area contributed by atoms with Gasteiger partial charge in [-0.2, -0.15) is 11.8 Å². The van der Waals surface area contributed by atoms with Crippen LogP contribution < -0.4 is 71.2 Å². The van der Waals surface area contributed by atoms with Crippen LogP contribution in [0.15, 0.2) is 34.3 Å². The number of hydrogen-bond donors (Lipinski definition) is 14. The van der Waals surface area contributed by atoms with Gasteiger partial charge < -0.3 is 76.3 Å². The minimum Gasteiger partial charge on any atom is -0.508 e. The van der Waals surface area contributed by atoms with Gasteiger partial charge in [-0.25, -0.2) is 0 Å². The molecule has 0 saturated carbocycles. The molecule has 1 aromatic rings. The van der Waals surface area contributed by atoms with Crippen LogP contribution in [0.3, 0.4) is 0 Å². The first kappa shape index (κ1) is 66.1. The third-order valence-corrected chi connectivity index (χ3v) is 14.8. The number of aliphatic imine (C=N–C) groups is 2. The first-order chi connectivity index (χ1) is 36.1. The SMILES string of the molecule is CSCC[C@@H]1NC(=O)CCCCNC(=O)[C@H](CCCN=C(N)N)NC(=O)[C@H](C(C)C)NC(=O)[C@H](Cc2ccc(O)cc2)NC(=O)CCCCNC(=O)[C@@H](N)CSSC[C@@H](C(=O)N[C@@H](CCCN=C(N)N)C(C)=O)NC1=O. The molecule has 19 N–H and O–H groups in total. The van der Waals surface area contributed by atoms with Crippen LogP contribution in [0.4, 0.5) is 0 Å². The van der Waals surface area contributed by atoms with Gasteiger partial charge in [0.25, 0.3) is 0 Å². The molecule has 1 fully saturated rings. The predicted molar refractivity (Wildman–Crippen MR) is 298 cm³/mol. The van der Waals surface area contributed by atoms with E-state index in [4.69, 9.17) is 28.7 Å². The van der Waals surface area contributed by atoms with Crippen molar-refractivity contribution in [1.82, 2.24) is 42.5 Å². The lowest BCUT2D eigenvalue weighted by Crippen LogP contribution is -2.58. The highest BCUT2D eigenvalue weighted by Crippen LogP contribution is 2.23. The van der Waals surface area contributed by atoms with Crippen molar-refractivity contribution in [3.63, 3.8) is 0 Å². The molecule has 28 heteroatoms. The number of Topliss-reactive ketones (excluding diaryl/α,β-unsaturated/α-hetero) is 1. The number of benzene rings is 1. The van der Waals surface area contributed by atoms with Gasteiger partial charge in [0.05, 0.1) is 12.1 Å². The van der Waals surface area contributed by atoms with Crippen LogP contribution in [0.25, 0.3) is 0 Å². The fourth-order valence-corrected chi connectivity index (χ4v) is 10.1. The number of thioether (sulfide) groups is 1. The van der Waals surface area contributed by atoms with Crippen molar-refractivity contribution < 1.29 is 48.3 Å². The zero-order chi connectivity index (χ0) is 56.6. The van der Waals surface area contributed by atoms with Gasteiger partial charge >= 0.3 is 0 Å². The standard InChI is InChI=1S/C48H81N15O10S3/c1-28(2)40-46(73)61-34(12-10-23-57-48(52)53)42(69)55-21-8-6-13-38(66)58-35(19-24-74-4)43(70)62-37(45(72)60-33(29(3)64)11-9-22-56-47(50)51)27-76-75-26-32(49)41(68)54-20-7-5-14-39(67)59-36(44(71)63-40)25-30-15-17-31(65)18-16-30/h15-18,28,32-37,40,65H,5-14,19-27,49H2,1-4H3,(H,54,68)(H,55,69)(H,58,66)(H,59,67)(H,60,72)(H,61,73)(H,62,70)(H,63,71)(H4,50,51,56)(H4,52,53,57)/t32-,33-,34-,35-,36-,37-,40-/m0/s1. The minimum atomic E-state index is -1.19. The number of rotatable bonds is 17. The summed E-state index contributed by atoms with van der Waals surface area (Å²) in [5, 5.41) is 32.0. The molecule has 25 nitrogen and oxygen atoms in total.